The lowest BCUT2D eigenvalue weighted by molar-refractivity contribution is 0.0129. The van der Waals surface area contributed by atoms with Gasteiger partial charge in [-0.2, -0.15) is 0 Å². The zero-order chi connectivity index (χ0) is 13.8. The Balaban J connectivity index is 1.86. The molecule has 0 saturated heterocycles. The highest BCUT2D eigenvalue weighted by molar-refractivity contribution is 4.89. The summed E-state index contributed by atoms with van der Waals surface area (Å²) >= 11 is 0. The van der Waals surface area contributed by atoms with E-state index in [1.807, 2.05) is 0 Å². The van der Waals surface area contributed by atoms with Crippen molar-refractivity contribution in [2.45, 2.75) is 58.1 Å². The van der Waals surface area contributed by atoms with Gasteiger partial charge in [-0.1, -0.05) is 13.8 Å². The van der Waals surface area contributed by atoms with E-state index in [-0.39, 0.29) is 6.10 Å². The molecule has 0 aromatic heterocycles. The van der Waals surface area contributed by atoms with Gasteiger partial charge in [0.15, 0.2) is 0 Å². The summed E-state index contributed by atoms with van der Waals surface area (Å²) in [5.41, 5.74) is 0. The van der Waals surface area contributed by atoms with Crippen molar-refractivity contribution in [2.24, 2.45) is 17.8 Å². The molecule has 3 heteroatoms. The molecule has 2 rings (SSSR count). The number of aliphatic hydroxyl groups excluding tert-OH is 1. The van der Waals surface area contributed by atoms with Gasteiger partial charge in [0.05, 0.1) is 12.7 Å². The van der Waals surface area contributed by atoms with Crippen molar-refractivity contribution in [3.63, 3.8) is 0 Å². The quantitative estimate of drug-likeness (QED) is 0.771. The van der Waals surface area contributed by atoms with E-state index in [2.05, 4.69) is 18.7 Å². The first-order valence-corrected chi connectivity index (χ1v) is 8.02. The van der Waals surface area contributed by atoms with Crippen molar-refractivity contribution < 1.29 is 9.84 Å². The van der Waals surface area contributed by atoms with Crippen LogP contribution in [0.3, 0.4) is 0 Å². The molecule has 2 aliphatic carbocycles. The minimum absolute atomic E-state index is 0.0844. The van der Waals surface area contributed by atoms with Crippen LogP contribution in [0.5, 0.6) is 0 Å². The van der Waals surface area contributed by atoms with Crippen molar-refractivity contribution in [3.05, 3.63) is 0 Å². The number of hydrogen-bond donors (Lipinski definition) is 1. The Morgan fingerprint density at radius 1 is 1.21 bits per heavy atom. The van der Waals surface area contributed by atoms with Crippen LogP contribution in [0.15, 0.2) is 0 Å². The van der Waals surface area contributed by atoms with Crippen molar-refractivity contribution in [2.75, 3.05) is 26.8 Å². The van der Waals surface area contributed by atoms with Crippen molar-refractivity contribution in [3.8, 4) is 0 Å². The third kappa shape index (κ3) is 4.44. The van der Waals surface area contributed by atoms with Crippen LogP contribution in [-0.2, 0) is 4.74 Å². The van der Waals surface area contributed by atoms with Gasteiger partial charge in [-0.15, -0.1) is 0 Å². The van der Waals surface area contributed by atoms with E-state index in [1.54, 1.807) is 7.11 Å². The van der Waals surface area contributed by atoms with Gasteiger partial charge in [0.25, 0.3) is 0 Å². The first-order chi connectivity index (χ1) is 9.11. The SMILES string of the molecule is COCCN(CC1CC(C(C)C)CCC1O)C1CC1. The lowest BCUT2D eigenvalue weighted by atomic mass is 9.74. The molecule has 0 aliphatic heterocycles. The minimum Gasteiger partial charge on any atom is -0.393 e. The highest BCUT2D eigenvalue weighted by Crippen LogP contribution is 2.36. The molecule has 0 amide bonds. The number of hydrogen-bond acceptors (Lipinski definition) is 3. The van der Waals surface area contributed by atoms with E-state index in [9.17, 15) is 5.11 Å². The molecule has 0 aromatic rings. The summed E-state index contributed by atoms with van der Waals surface area (Å²) in [5.74, 6) is 2.03. The normalized spacial score (nSPS) is 32.2. The number of aliphatic hydroxyl groups is 1. The summed E-state index contributed by atoms with van der Waals surface area (Å²) in [5, 5.41) is 10.3. The molecule has 2 saturated carbocycles. The van der Waals surface area contributed by atoms with Crippen LogP contribution < -0.4 is 0 Å². The minimum atomic E-state index is -0.0844. The lowest BCUT2D eigenvalue weighted by Crippen LogP contribution is -2.41. The Hall–Kier alpha value is -0.120. The van der Waals surface area contributed by atoms with Crippen LogP contribution in [0.1, 0.15) is 46.0 Å². The third-order valence-corrected chi connectivity index (χ3v) is 5.04. The second-order valence-corrected chi connectivity index (χ2v) is 6.86. The summed E-state index contributed by atoms with van der Waals surface area (Å²) in [6.07, 6.45) is 5.99. The Morgan fingerprint density at radius 3 is 2.53 bits per heavy atom. The summed E-state index contributed by atoms with van der Waals surface area (Å²) in [6, 6.07) is 0.766. The van der Waals surface area contributed by atoms with Crippen molar-refractivity contribution in [1.82, 2.24) is 4.90 Å². The second-order valence-electron chi connectivity index (χ2n) is 6.86. The van der Waals surface area contributed by atoms with E-state index < -0.39 is 0 Å². The molecule has 2 aliphatic rings. The maximum atomic E-state index is 10.3. The molecule has 3 atom stereocenters. The van der Waals surface area contributed by atoms with Gasteiger partial charge in [0.1, 0.15) is 0 Å². The number of nitrogens with zero attached hydrogens (tertiary/aromatic N) is 1. The smallest absolute Gasteiger partial charge is 0.0589 e. The van der Waals surface area contributed by atoms with Crippen LogP contribution in [0.2, 0.25) is 0 Å². The van der Waals surface area contributed by atoms with E-state index >= 15 is 0 Å². The average Bonchev–Trinajstić information content (AvgIpc) is 3.20. The molecule has 0 bridgehead atoms. The molecule has 0 aromatic carbocycles. The van der Waals surface area contributed by atoms with E-state index in [0.717, 1.165) is 44.0 Å². The molecule has 2 fully saturated rings. The average molecular weight is 269 g/mol. The molecule has 0 radical (unpaired) electrons. The molecule has 1 N–H and O–H groups in total. The molecular formula is C16H31NO2. The molecule has 112 valence electrons. The van der Waals surface area contributed by atoms with Crippen molar-refractivity contribution in [1.29, 1.82) is 0 Å². The van der Waals surface area contributed by atoms with Gasteiger partial charge in [0, 0.05) is 26.2 Å². The summed E-state index contributed by atoms with van der Waals surface area (Å²) in [7, 11) is 1.77. The zero-order valence-electron chi connectivity index (χ0n) is 12.8. The first kappa shape index (κ1) is 15.3. The Bertz CT molecular complexity index is 265. The van der Waals surface area contributed by atoms with Gasteiger partial charge in [0.2, 0.25) is 0 Å². The second kappa shape index (κ2) is 7.05. The zero-order valence-corrected chi connectivity index (χ0v) is 12.8. The summed E-state index contributed by atoms with van der Waals surface area (Å²) in [6.45, 7) is 7.55. The predicted octanol–water partition coefficient (Wildman–Crippen LogP) is 2.53. The highest BCUT2D eigenvalue weighted by atomic mass is 16.5. The number of methoxy groups -OCH3 is 1. The molecule has 3 nitrogen and oxygen atoms in total. The van der Waals surface area contributed by atoms with Gasteiger partial charge in [-0.05, 0) is 49.9 Å². The van der Waals surface area contributed by atoms with Crippen LogP contribution in [0.25, 0.3) is 0 Å². The summed E-state index contributed by atoms with van der Waals surface area (Å²) in [4.78, 5) is 2.56. The highest BCUT2D eigenvalue weighted by Gasteiger charge is 2.35. The van der Waals surface area contributed by atoms with E-state index in [4.69, 9.17) is 4.74 Å². The molecule has 19 heavy (non-hydrogen) atoms. The molecule has 3 unspecified atom stereocenters. The summed E-state index contributed by atoms with van der Waals surface area (Å²) < 4.78 is 5.22. The van der Waals surface area contributed by atoms with Crippen LogP contribution in [-0.4, -0.2) is 49.0 Å². The van der Waals surface area contributed by atoms with Gasteiger partial charge in [-0.25, -0.2) is 0 Å². The molecular weight excluding hydrogens is 238 g/mol. The fraction of sp³-hybridized carbons (Fsp3) is 1.00. The molecule has 0 heterocycles. The van der Waals surface area contributed by atoms with Crippen LogP contribution >= 0.6 is 0 Å². The van der Waals surface area contributed by atoms with Gasteiger partial charge >= 0.3 is 0 Å². The number of rotatable bonds is 7. The van der Waals surface area contributed by atoms with E-state index in [1.165, 1.54) is 25.7 Å². The van der Waals surface area contributed by atoms with Gasteiger partial charge < -0.3 is 9.84 Å². The fourth-order valence-electron chi connectivity index (χ4n) is 3.46. The third-order valence-electron chi connectivity index (χ3n) is 5.04. The standard InChI is InChI=1S/C16H31NO2/c1-12(2)13-4-7-16(18)14(10-13)11-17(8-9-19-3)15-5-6-15/h12-16,18H,4-11H2,1-3H3. The van der Waals surface area contributed by atoms with Crippen LogP contribution in [0, 0.1) is 17.8 Å². The largest absolute Gasteiger partial charge is 0.393 e. The van der Waals surface area contributed by atoms with Crippen molar-refractivity contribution >= 4 is 0 Å². The van der Waals surface area contributed by atoms with Gasteiger partial charge in [-0.3, -0.25) is 4.90 Å². The topological polar surface area (TPSA) is 32.7 Å². The van der Waals surface area contributed by atoms with Crippen LogP contribution in [0.4, 0.5) is 0 Å². The number of ether oxygens (including phenoxy) is 1. The molecule has 0 spiro atoms. The fourth-order valence-corrected chi connectivity index (χ4v) is 3.46. The maximum Gasteiger partial charge on any atom is 0.0589 e. The first-order valence-electron chi connectivity index (χ1n) is 8.02. The predicted molar refractivity (Wildman–Crippen MR) is 78.1 cm³/mol. The monoisotopic (exact) mass is 269 g/mol. The maximum absolute atomic E-state index is 10.3. The Morgan fingerprint density at radius 2 is 1.95 bits per heavy atom. The Kier molecular flexibility index (Phi) is 5.67. The lowest BCUT2D eigenvalue weighted by Gasteiger charge is -2.38. The Labute approximate surface area is 118 Å². The van der Waals surface area contributed by atoms with E-state index in [0.29, 0.717) is 5.92 Å².